The fourth-order valence-corrected chi connectivity index (χ4v) is 5.77. The van der Waals surface area contributed by atoms with E-state index in [-0.39, 0.29) is 22.9 Å². The molecule has 0 radical (unpaired) electrons. The molecule has 0 saturated heterocycles. The third kappa shape index (κ3) is 8.13. The molecule has 0 heterocycles. The summed E-state index contributed by atoms with van der Waals surface area (Å²) >= 11 is 6.17. The quantitative estimate of drug-likeness (QED) is 0.323. The number of benzene rings is 3. The van der Waals surface area contributed by atoms with Gasteiger partial charge in [-0.1, -0.05) is 23.7 Å². The van der Waals surface area contributed by atoms with E-state index in [1.807, 2.05) is 20.8 Å². The molecule has 0 aliphatic rings. The Bertz CT molecular complexity index is 1530. The topological polar surface area (TPSA) is 105 Å². The molecule has 1 atom stereocenters. The Hall–Kier alpha value is -3.83. The second kappa shape index (κ2) is 13.4. The minimum atomic E-state index is -4.40. The second-order valence-electron chi connectivity index (χ2n) is 10.6. The first-order chi connectivity index (χ1) is 19.7. The molecule has 0 bridgehead atoms. The van der Waals surface area contributed by atoms with Gasteiger partial charge in [-0.2, -0.15) is 0 Å². The number of nitrogens with one attached hydrogen (secondary N) is 1. The fraction of sp³-hybridized carbons (Fsp3) is 0.333. The average Bonchev–Trinajstić information content (AvgIpc) is 2.93. The Morgan fingerprint density at radius 1 is 0.976 bits per heavy atom. The molecule has 1 N–H and O–H groups in total. The number of methoxy groups -OCH3 is 2. The summed E-state index contributed by atoms with van der Waals surface area (Å²) in [4.78, 5) is 28.3. The highest BCUT2D eigenvalue weighted by atomic mass is 35.5. The maximum absolute atomic E-state index is 14.0. The minimum absolute atomic E-state index is 0.0220. The van der Waals surface area contributed by atoms with Crippen LogP contribution in [0, 0.1) is 5.82 Å². The highest BCUT2D eigenvalue weighted by molar-refractivity contribution is 7.92. The van der Waals surface area contributed by atoms with Crippen LogP contribution in [0.5, 0.6) is 11.5 Å². The van der Waals surface area contributed by atoms with Gasteiger partial charge in [-0.3, -0.25) is 13.9 Å². The number of amides is 2. The summed E-state index contributed by atoms with van der Waals surface area (Å²) in [6, 6.07) is 14.6. The van der Waals surface area contributed by atoms with Gasteiger partial charge in [0, 0.05) is 23.2 Å². The Morgan fingerprint density at radius 3 is 2.19 bits per heavy atom. The van der Waals surface area contributed by atoms with Crippen molar-refractivity contribution in [3.05, 3.63) is 83.1 Å². The molecule has 0 aromatic heterocycles. The van der Waals surface area contributed by atoms with Gasteiger partial charge in [0.15, 0.2) is 11.5 Å². The molecule has 3 aromatic rings. The molecule has 3 aromatic carbocycles. The molecule has 0 spiro atoms. The van der Waals surface area contributed by atoms with Crippen molar-refractivity contribution in [3.63, 3.8) is 0 Å². The number of carbonyl (C=O) groups excluding carboxylic acids is 2. The van der Waals surface area contributed by atoms with Gasteiger partial charge in [-0.05, 0) is 81.8 Å². The fourth-order valence-electron chi connectivity index (χ4n) is 4.13. The number of anilines is 1. The van der Waals surface area contributed by atoms with E-state index in [2.05, 4.69) is 5.32 Å². The molecular formula is C30H35ClFN3O6S. The molecule has 2 amide bonds. The van der Waals surface area contributed by atoms with Crippen LogP contribution in [-0.2, 0) is 26.2 Å². The Labute approximate surface area is 251 Å². The van der Waals surface area contributed by atoms with E-state index in [4.69, 9.17) is 21.1 Å². The molecule has 0 fully saturated rings. The third-order valence-electron chi connectivity index (χ3n) is 6.24. The zero-order valence-corrected chi connectivity index (χ0v) is 25.9. The van der Waals surface area contributed by atoms with Gasteiger partial charge < -0.3 is 19.7 Å². The highest BCUT2D eigenvalue weighted by Crippen LogP contribution is 2.32. The maximum atomic E-state index is 14.0. The number of nitrogens with zero attached hydrogens (tertiary/aromatic N) is 2. The standard InChI is InChI=1S/C30H35ClFN3O6S/c1-20(29(37)33-30(2,3)4)34(18-21-8-7-9-22(31)16-21)28(36)19-35(24-12-10-23(32)11-13-24)42(38,39)25-14-15-26(40-5)27(17-25)41-6/h7-17,20H,18-19H2,1-6H3,(H,33,37)/t20-/m0/s1. The van der Waals surface area contributed by atoms with E-state index in [1.165, 1.54) is 49.5 Å². The van der Waals surface area contributed by atoms with E-state index in [1.54, 1.807) is 31.2 Å². The molecule has 9 nitrogen and oxygen atoms in total. The van der Waals surface area contributed by atoms with Crippen molar-refractivity contribution >= 4 is 39.1 Å². The number of halogens is 2. The Morgan fingerprint density at radius 2 is 1.62 bits per heavy atom. The lowest BCUT2D eigenvalue weighted by Gasteiger charge is -2.33. The second-order valence-corrected chi connectivity index (χ2v) is 12.9. The molecule has 12 heteroatoms. The molecule has 226 valence electrons. The lowest BCUT2D eigenvalue weighted by Crippen LogP contribution is -2.54. The largest absolute Gasteiger partial charge is 0.493 e. The number of hydrogen-bond donors (Lipinski definition) is 1. The Kier molecular flexibility index (Phi) is 10.5. The summed E-state index contributed by atoms with van der Waals surface area (Å²) in [6.45, 7) is 6.29. The predicted molar refractivity (Wildman–Crippen MR) is 160 cm³/mol. The van der Waals surface area contributed by atoms with Crippen molar-refractivity contribution in [1.82, 2.24) is 10.2 Å². The molecule has 42 heavy (non-hydrogen) atoms. The number of rotatable bonds is 11. The molecule has 0 aliphatic heterocycles. The zero-order chi connectivity index (χ0) is 31.2. The minimum Gasteiger partial charge on any atom is -0.493 e. The number of carbonyl (C=O) groups is 2. The normalized spacial score (nSPS) is 12.3. The van der Waals surface area contributed by atoms with Crippen molar-refractivity contribution in [3.8, 4) is 11.5 Å². The van der Waals surface area contributed by atoms with Crippen LogP contribution in [0.1, 0.15) is 33.3 Å². The number of sulfonamides is 1. The van der Waals surface area contributed by atoms with Crippen molar-refractivity contribution < 1.29 is 31.9 Å². The molecule has 3 rings (SSSR count). The summed E-state index contributed by atoms with van der Waals surface area (Å²) in [5.74, 6) is -1.19. The molecule has 0 aliphatic carbocycles. The van der Waals surface area contributed by atoms with Crippen LogP contribution in [0.3, 0.4) is 0 Å². The summed E-state index contributed by atoms with van der Waals surface area (Å²) in [5.41, 5.74) is 0.115. The van der Waals surface area contributed by atoms with Crippen LogP contribution in [0.15, 0.2) is 71.6 Å². The van der Waals surface area contributed by atoms with Crippen LogP contribution in [0.4, 0.5) is 10.1 Å². The van der Waals surface area contributed by atoms with Crippen LogP contribution in [0.25, 0.3) is 0 Å². The van der Waals surface area contributed by atoms with Gasteiger partial charge in [-0.15, -0.1) is 0 Å². The van der Waals surface area contributed by atoms with Crippen molar-refractivity contribution in [1.29, 1.82) is 0 Å². The first kappa shape index (κ1) is 32.7. The predicted octanol–water partition coefficient (Wildman–Crippen LogP) is 5.02. The van der Waals surface area contributed by atoms with Crippen LogP contribution in [-0.4, -0.2) is 57.5 Å². The van der Waals surface area contributed by atoms with Gasteiger partial charge >= 0.3 is 0 Å². The molecule has 0 unspecified atom stereocenters. The van der Waals surface area contributed by atoms with Crippen LogP contribution in [0.2, 0.25) is 5.02 Å². The van der Waals surface area contributed by atoms with Crippen molar-refractivity contribution in [2.75, 3.05) is 25.1 Å². The van der Waals surface area contributed by atoms with Crippen molar-refractivity contribution in [2.24, 2.45) is 0 Å². The SMILES string of the molecule is COc1ccc(S(=O)(=O)N(CC(=O)N(Cc2cccc(Cl)c2)[C@@H](C)C(=O)NC(C)(C)C)c2ccc(F)cc2)cc1OC. The van der Waals surface area contributed by atoms with Gasteiger partial charge in [0.25, 0.3) is 10.0 Å². The monoisotopic (exact) mass is 619 g/mol. The smallest absolute Gasteiger partial charge is 0.264 e. The van der Waals surface area contributed by atoms with Gasteiger partial charge in [-0.25, -0.2) is 12.8 Å². The van der Waals surface area contributed by atoms with E-state index in [0.717, 1.165) is 16.4 Å². The lowest BCUT2D eigenvalue weighted by atomic mass is 10.1. The Balaban J connectivity index is 2.08. The summed E-state index contributed by atoms with van der Waals surface area (Å²) in [5, 5.41) is 3.30. The summed E-state index contributed by atoms with van der Waals surface area (Å²) in [7, 11) is -1.62. The van der Waals surface area contributed by atoms with Gasteiger partial charge in [0.2, 0.25) is 11.8 Å². The molecular weight excluding hydrogens is 585 g/mol. The van der Waals surface area contributed by atoms with Crippen molar-refractivity contribution in [2.45, 2.75) is 50.7 Å². The highest BCUT2D eigenvalue weighted by Gasteiger charge is 2.34. The van der Waals surface area contributed by atoms with Gasteiger partial charge in [0.05, 0.1) is 24.8 Å². The maximum Gasteiger partial charge on any atom is 0.264 e. The van der Waals surface area contributed by atoms with Crippen LogP contribution >= 0.6 is 11.6 Å². The zero-order valence-electron chi connectivity index (χ0n) is 24.4. The first-order valence-electron chi connectivity index (χ1n) is 13.0. The lowest BCUT2D eigenvalue weighted by molar-refractivity contribution is -0.140. The molecule has 0 saturated carbocycles. The average molecular weight is 620 g/mol. The van der Waals surface area contributed by atoms with Crippen LogP contribution < -0.4 is 19.1 Å². The van der Waals surface area contributed by atoms with E-state index >= 15 is 0 Å². The number of ether oxygens (including phenoxy) is 2. The summed E-state index contributed by atoms with van der Waals surface area (Å²) in [6.07, 6.45) is 0. The first-order valence-corrected chi connectivity index (χ1v) is 14.8. The van der Waals surface area contributed by atoms with E-state index in [9.17, 15) is 22.4 Å². The van der Waals surface area contributed by atoms with E-state index < -0.39 is 45.8 Å². The number of hydrogen-bond acceptors (Lipinski definition) is 6. The van der Waals surface area contributed by atoms with E-state index in [0.29, 0.717) is 16.3 Å². The van der Waals surface area contributed by atoms with Gasteiger partial charge in [0.1, 0.15) is 18.4 Å². The third-order valence-corrected chi connectivity index (χ3v) is 8.25. The summed E-state index contributed by atoms with van der Waals surface area (Å²) < 4.78 is 53.2.